The van der Waals surface area contributed by atoms with Crippen LogP contribution >= 0.6 is 0 Å². The summed E-state index contributed by atoms with van der Waals surface area (Å²) in [4.78, 5) is 0. The average Bonchev–Trinajstić information content (AvgIpc) is 2.61. The fourth-order valence-electron chi connectivity index (χ4n) is 1.99. The molecule has 0 heteroatoms. The van der Waals surface area contributed by atoms with Crippen molar-refractivity contribution >= 4 is 0 Å². The Hall–Kier alpha value is -0.780. The molecule has 0 N–H and O–H groups in total. The van der Waals surface area contributed by atoms with E-state index in [0.29, 0.717) is 0 Å². The summed E-state index contributed by atoms with van der Waals surface area (Å²) < 4.78 is 0. The van der Waals surface area contributed by atoms with Crippen molar-refractivity contribution in [3.63, 3.8) is 0 Å². The summed E-state index contributed by atoms with van der Waals surface area (Å²) in [5.74, 6) is 0. The fourth-order valence-corrected chi connectivity index (χ4v) is 1.99. The normalized spacial score (nSPS) is 8.83. The second-order valence-corrected chi connectivity index (χ2v) is 6.21. The fraction of sp³-hybridized carbons (Fsp3) is 0.750. The second-order valence-electron chi connectivity index (χ2n) is 6.21. The summed E-state index contributed by atoms with van der Waals surface area (Å²) in [5, 5.41) is 0. The number of hydrogen-bond donors (Lipinski definition) is 0. The first kappa shape index (κ1) is 28.0. The third-order valence-corrected chi connectivity index (χ3v) is 3.40. The molecule has 0 amide bonds. The van der Waals surface area contributed by atoms with Gasteiger partial charge in [-0.05, 0) is 25.3 Å². The molecule has 24 heavy (non-hydrogen) atoms. The van der Waals surface area contributed by atoms with Crippen LogP contribution in [0, 0.1) is 6.92 Å². The van der Waals surface area contributed by atoms with E-state index < -0.39 is 0 Å². The van der Waals surface area contributed by atoms with E-state index >= 15 is 0 Å². The Bertz CT molecular complexity index is 277. The first-order valence-electron chi connectivity index (χ1n) is 10.7. The van der Waals surface area contributed by atoms with Crippen LogP contribution in [-0.2, 0) is 6.42 Å². The molecular formula is C24H48. The molecule has 0 radical (unpaired) electrons. The van der Waals surface area contributed by atoms with Crippen LogP contribution in [-0.4, -0.2) is 0 Å². The van der Waals surface area contributed by atoms with Gasteiger partial charge < -0.3 is 0 Å². The average molecular weight is 337 g/mol. The third-order valence-electron chi connectivity index (χ3n) is 3.40. The zero-order chi connectivity index (χ0) is 19.1. The molecule has 0 unspecified atom stereocenters. The van der Waals surface area contributed by atoms with Gasteiger partial charge >= 0.3 is 0 Å². The number of benzene rings is 1. The van der Waals surface area contributed by atoms with E-state index in [1.165, 1.54) is 75.3 Å². The van der Waals surface area contributed by atoms with E-state index in [-0.39, 0.29) is 0 Å². The van der Waals surface area contributed by atoms with E-state index in [9.17, 15) is 0 Å². The van der Waals surface area contributed by atoms with Crippen LogP contribution in [0.15, 0.2) is 24.3 Å². The van der Waals surface area contributed by atoms with Crippen LogP contribution in [0.2, 0.25) is 0 Å². The minimum Gasteiger partial charge on any atom is -0.0683 e. The summed E-state index contributed by atoms with van der Waals surface area (Å²) in [6.07, 6.45) is 13.6. The topological polar surface area (TPSA) is 0 Å². The van der Waals surface area contributed by atoms with Crippen LogP contribution in [0.1, 0.15) is 117 Å². The van der Waals surface area contributed by atoms with Gasteiger partial charge in [-0.3, -0.25) is 0 Å². The molecule has 1 aromatic rings. The summed E-state index contributed by atoms with van der Waals surface area (Å²) in [5.41, 5.74) is 2.82. The molecule has 0 aromatic heterocycles. The molecule has 0 heterocycles. The van der Waals surface area contributed by atoms with Crippen molar-refractivity contribution in [3.05, 3.63) is 35.4 Å². The Balaban J connectivity index is -0.000000299. The van der Waals surface area contributed by atoms with Crippen molar-refractivity contribution in [3.8, 4) is 0 Å². The molecule has 0 bridgehead atoms. The van der Waals surface area contributed by atoms with Gasteiger partial charge in [-0.15, -0.1) is 0 Å². The lowest BCUT2D eigenvalue weighted by molar-refractivity contribution is 0.624. The quantitative estimate of drug-likeness (QED) is 0.415. The molecule has 0 aliphatic rings. The van der Waals surface area contributed by atoms with E-state index in [0.717, 1.165) is 0 Å². The molecule has 144 valence electrons. The van der Waals surface area contributed by atoms with Crippen molar-refractivity contribution in [1.29, 1.82) is 0 Å². The van der Waals surface area contributed by atoms with Crippen molar-refractivity contribution in [1.82, 2.24) is 0 Å². The summed E-state index contributed by atoms with van der Waals surface area (Å²) in [6, 6.07) is 8.83. The highest BCUT2D eigenvalue weighted by Gasteiger charge is 1.90. The Morgan fingerprint density at radius 3 is 1.29 bits per heavy atom. The minimum atomic E-state index is 1.23. The van der Waals surface area contributed by atoms with Crippen LogP contribution in [0.5, 0.6) is 0 Å². The van der Waals surface area contributed by atoms with E-state index in [1.54, 1.807) is 0 Å². The molecule has 1 rings (SSSR count). The SMILES string of the molecule is CC.CCC.CCCCCCCC.CCCCc1ccc(C)cc1. The molecule has 0 atom stereocenters. The number of aryl methyl sites for hydroxylation is 2. The molecule has 0 aliphatic carbocycles. The van der Waals surface area contributed by atoms with Gasteiger partial charge in [0.05, 0.1) is 0 Å². The van der Waals surface area contributed by atoms with Gasteiger partial charge in [-0.25, -0.2) is 0 Å². The number of unbranched alkanes of at least 4 members (excludes halogenated alkanes) is 6. The monoisotopic (exact) mass is 336 g/mol. The molecule has 0 spiro atoms. The lowest BCUT2D eigenvalue weighted by Crippen LogP contribution is -1.83. The molecule has 0 aliphatic heterocycles. The summed E-state index contributed by atoms with van der Waals surface area (Å²) in [6.45, 7) is 17.1. The molecule has 1 aromatic carbocycles. The Kier molecular flexibility index (Phi) is 31.6. The summed E-state index contributed by atoms with van der Waals surface area (Å²) >= 11 is 0. The Morgan fingerprint density at radius 1 is 0.583 bits per heavy atom. The second kappa shape index (κ2) is 27.1. The predicted octanol–water partition coefficient (Wildman–Crippen LogP) is 9.15. The van der Waals surface area contributed by atoms with Crippen molar-refractivity contribution in [2.75, 3.05) is 0 Å². The zero-order valence-corrected chi connectivity index (χ0v) is 18.4. The lowest BCUT2D eigenvalue weighted by Gasteiger charge is -1.99. The van der Waals surface area contributed by atoms with Crippen LogP contribution in [0.4, 0.5) is 0 Å². The van der Waals surface area contributed by atoms with Gasteiger partial charge in [-0.1, -0.05) is 130 Å². The van der Waals surface area contributed by atoms with Crippen LogP contribution < -0.4 is 0 Å². The molecule has 0 saturated heterocycles. The maximum absolute atomic E-state index is 2.26. The highest BCUT2D eigenvalue weighted by atomic mass is 14.0. The lowest BCUT2D eigenvalue weighted by atomic mass is 10.1. The van der Waals surface area contributed by atoms with Crippen molar-refractivity contribution < 1.29 is 0 Å². The Morgan fingerprint density at radius 2 is 0.958 bits per heavy atom. The first-order valence-corrected chi connectivity index (χ1v) is 10.7. The van der Waals surface area contributed by atoms with Crippen molar-refractivity contribution in [2.24, 2.45) is 0 Å². The van der Waals surface area contributed by atoms with Gasteiger partial charge in [0.2, 0.25) is 0 Å². The molecule has 0 saturated carbocycles. The van der Waals surface area contributed by atoms with E-state index in [2.05, 4.69) is 65.8 Å². The standard InChI is InChI=1S/C11H16.C8H18.C3H8.C2H6/c1-3-4-5-11-8-6-10(2)7-9-11;1-3-5-7-8-6-4-2;1-3-2;1-2/h6-9H,3-5H2,1-2H3;3-8H2,1-2H3;3H2,1-2H3;1-2H3. The Labute approximate surface area is 155 Å². The number of rotatable bonds is 8. The maximum Gasteiger partial charge on any atom is -0.0279 e. The van der Waals surface area contributed by atoms with Crippen LogP contribution in [0.3, 0.4) is 0 Å². The van der Waals surface area contributed by atoms with Crippen LogP contribution in [0.25, 0.3) is 0 Å². The minimum absolute atomic E-state index is 1.23. The highest BCUT2D eigenvalue weighted by Crippen LogP contribution is 2.06. The molecule has 0 nitrogen and oxygen atoms in total. The van der Waals surface area contributed by atoms with Gasteiger partial charge in [0.15, 0.2) is 0 Å². The third kappa shape index (κ3) is 26.1. The highest BCUT2D eigenvalue weighted by molar-refractivity contribution is 5.21. The number of hydrogen-bond acceptors (Lipinski definition) is 0. The predicted molar refractivity (Wildman–Crippen MR) is 116 cm³/mol. The van der Waals surface area contributed by atoms with E-state index in [1.807, 2.05) is 13.8 Å². The zero-order valence-electron chi connectivity index (χ0n) is 18.4. The van der Waals surface area contributed by atoms with Crippen molar-refractivity contribution in [2.45, 2.75) is 120 Å². The van der Waals surface area contributed by atoms with E-state index in [4.69, 9.17) is 0 Å². The molecule has 0 fully saturated rings. The largest absolute Gasteiger partial charge is 0.0683 e. The smallest absolute Gasteiger partial charge is 0.0279 e. The summed E-state index contributed by atoms with van der Waals surface area (Å²) in [7, 11) is 0. The molecular weight excluding hydrogens is 288 g/mol. The van der Waals surface area contributed by atoms with Gasteiger partial charge in [0.1, 0.15) is 0 Å². The first-order chi connectivity index (χ1) is 11.7. The van der Waals surface area contributed by atoms with Gasteiger partial charge in [0.25, 0.3) is 0 Å². The maximum atomic E-state index is 2.26. The van der Waals surface area contributed by atoms with Gasteiger partial charge in [-0.2, -0.15) is 0 Å². The van der Waals surface area contributed by atoms with Gasteiger partial charge in [0, 0.05) is 0 Å².